The zero-order valence-electron chi connectivity index (χ0n) is 18.0. The fourth-order valence-corrected chi connectivity index (χ4v) is 3.98. The Morgan fingerprint density at radius 2 is 1.82 bits per heavy atom. The average molecular weight is 475 g/mol. The number of carbonyl (C=O) groups excluding carboxylic acids is 1. The largest absolute Gasteiger partial charge is 0.391 e. The fraction of sp³-hybridized carbons (Fsp3) is 0.261. The van der Waals surface area contributed by atoms with Crippen LogP contribution in [0.2, 0.25) is 0 Å². The Hall–Kier alpha value is -3.57. The zero-order valence-corrected chi connectivity index (χ0v) is 18.0. The lowest BCUT2D eigenvalue weighted by molar-refractivity contribution is 0.0785. The van der Waals surface area contributed by atoms with Crippen molar-refractivity contribution in [2.45, 2.75) is 19.1 Å². The van der Waals surface area contributed by atoms with Gasteiger partial charge in [0.15, 0.2) is 17.3 Å². The summed E-state index contributed by atoms with van der Waals surface area (Å²) >= 11 is 0. The lowest BCUT2D eigenvalue weighted by Crippen LogP contribution is -2.55. The molecule has 1 amide bonds. The maximum atomic E-state index is 14.5. The number of nitrogens with two attached hydrogens (primary N) is 1. The van der Waals surface area contributed by atoms with Crippen LogP contribution in [0.25, 0.3) is 11.3 Å². The maximum absolute atomic E-state index is 14.5. The number of aliphatic hydroxyl groups excluding tert-OH is 1. The van der Waals surface area contributed by atoms with Crippen LogP contribution in [-0.2, 0) is 0 Å². The van der Waals surface area contributed by atoms with E-state index in [4.69, 9.17) is 5.73 Å². The van der Waals surface area contributed by atoms with Gasteiger partial charge >= 0.3 is 0 Å². The van der Waals surface area contributed by atoms with E-state index in [0.29, 0.717) is 18.3 Å². The highest BCUT2D eigenvalue weighted by Crippen LogP contribution is 2.31. The first-order chi connectivity index (χ1) is 16.2. The molecule has 0 unspecified atom stereocenters. The van der Waals surface area contributed by atoms with Crippen molar-refractivity contribution in [3.8, 4) is 11.3 Å². The summed E-state index contributed by atoms with van der Waals surface area (Å²) in [5.41, 5.74) is 4.22. The second kappa shape index (κ2) is 9.35. The number of nitrogens with zero attached hydrogens (tertiary/aromatic N) is 3. The molecule has 1 aliphatic heterocycles. The molecule has 0 bridgehead atoms. The molecule has 3 atom stereocenters. The predicted molar refractivity (Wildman–Crippen MR) is 117 cm³/mol. The van der Waals surface area contributed by atoms with Crippen LogP contribution in [0, 0.1) is 29.2 Å². The number of aliphatic hydroxyl groups is 1. The molecule has 1 saturated heterocycles. The summed E-state index contributed by atoms with van der Waals surface area (Å²) in [5, 5.41) is 12.6. The van der Waals surface area contributed by atoms with Crippen molar-refractivity contribution in [2.75, 3.05) is 23.3 Å². The van der Waals surface area contributed by atoms with E-state index in [9.17, 15) is 27.5 Å². The number of rotatable bonds is 4. The lowest BCUT2D eigenvalue weighted by atomic mass is 9.92. The molecule has 4 rings (SSSR count). The Bertz CT molecular complexity index is 1210. The molecular weight excluding hydrogens is 454 g/mol. The second-order valence-electron chi connectivity index (χ2n) is 8.13. The van der Waals surface area contributed by atoms with Gasteiger partial charge < -0.3 is 21.1 Å². The smallest absolute Gasteiger partial charge is 0.277 e. The summed E-state index contributed by atoms with van der Waals surface area (Å²) in [4.78, 5) is 22.3. The molecule has 11 heteroatoms. The monoisotopic (exact) mass is 475 g/mol. The van der Waals surface area contributed by atoms with Crippen LogP contribution >= 0.6 is 0 Å². The third-order valence-corrected chi connectivity index (χ3v) is 5.69. The molecule has 34 heavy (non-hydrogen) atoms. The van der Waals surface area contributed by atoms with E-state index >= 15 is 0 Å². The van der Waals surface area contributed by atoms with Crippen molar-refractivity contribution in [1.82, 2.24) is 9.97 Å². The van der Waals surface area contributed by atoms with Crippen LogP contribution in [0.1, 0.15) is 17.4 Å². The Labute approximate surface area is 192 Å². The van der Waals surface area contributed by atoms with Gasteiger partial charge in [-0.25, -0.2) is 22.5 Å². The molecule has 4 N–H and O–H groups in total. The molecule has 178 valence electrons. The SMILES string of the molecule is C[C@H]1CN(c2ccncc2NC(=O)c2nc(-c3c(F)cccc3F)c(F)cc2F)C[C@@H](N)[C@@H]1O. The van der Waals surface area contributed by atoms with Crippen LogP contribution in [0.5, 0.6) is 0 Å². The zero-order chi connectivity index (χ0) is 24.6. The number of hydrogen-bond acceptors (Lipinski definition) is 6. The highest BCUT2D eigenvalue weighted by atomic mass is 19.1. The van der Waals surface area contributed by atoms with E-state index in [2.05, 4.69) is 15.3 Å². The molecule has 1 fully saturated rings. The van der Waals surface area contributed by atoms with Crippen molar-refractivity contribution in [3.63, 3.8) is 0 Å². The van der Waals surface area contributed by atoms with Gasteiger partial charge in [0.2, 0.25) is 0 Å². The van der Waals surface area contributed by atoms with Gasteiger partial charge in [-0.1, -0.05) is 13.0 Å². The molecule has 0 spiro atoms. The van der Waals surface area contributed by atoms with Gasteiger partial charge in [0, 0.05) is 37.3 Å². The number of nitrogens with one attached hydrogen (secondary N) is 1. The van der Waals surface area contributed by atoms with E-state index in [1.54, 1.807) is 6.07 Å². The second-order valence-corrected chi connectivity index (χ2v) is 8.13. The van der Waals surface area contributed by atoms with Crippen molar-refractivity contribution < 1.29 is 27.5 Å². The molecule has 0 radical (unpaired) electrons. The Balaban J connectivity index is 1.67. The normalized spacial score (nSPS) is 20.3. The first-order valence-electron chi connectivity index (χ1n) is 10.4. The molecule has 0 aliphatic carbocycles. The van der Waals surface area contributed by atoms with E-state index in [0.717, 1.165) is 18.2 Å². The van der Waals surface area contributed by atoms with Crippen molar-refractivity contribution in [3.05, 3.63) is 71.7 Å². The molecule has 1 aromatic carbocycles. The Kier molecular flexibility index (Phi) is 6.49. The first kappa shape index (κ1) is 23.6. The van der Waals surface area contributed by atoms with Gasteiger partial charge in [-0.15, -0.1) is 0 Å². The van der Waals surface area contributed by atoms with Crippen molar-refractivity contribution in [1.29, 1.82) is 0 Å². The van der Waals surface area contributed by atoms with Gasteiger partial charge in [0.05, 0.1) is 29.2 Å². The predicted octanol–water partition coefficient (Wildman–Crippen LogP) is 3.10. The molecule has 3 heterocycles. The average Bonchev–Trinajstić information content (AvgIpc) is 2.78. The highest BCUT2D eigenvalue weighted by Gasteiger charge is 2.32. The molecule has 0 saturated carbocycles. The van der Waals surface area contributed by atoms with Crippen molar-refractivity contribution in [2.24, 2.45) is 11.7 Å². The number of hydrogen-bond donors (Lipinski definition) is 3. The summed E-state index contributed by atoms with van der Waals surface area (Å²) in [6.07, 6.45) is 2.13. The summed E-state index contributed by atoms with van der Waals surface area (Å²) < 4.78 is 57.2. The number of anilines is 2. The number of carbonyl (C=O) groups is 1. The molecule has 3 aromatic rings. The van der Waals surface area contributed by atoms with E-state index in [1.807, 2.05) is 11.8 Å². The highest BCUT2D eigenvalue weighted by molar-refractivity contribution is 6.05. The topological polar surface area (TPSA) is 104 Å². The molecule has 7 nitrogen and oxygen atoms in total. The first-order valence-corrected chi connectivity index (χ1v) is 10.4. The van der Waals surface area contributed by atoms with Gasteiger partial charge in [-0.2, -0.15) is 0 Å². The minimum Gasteiger partial charge on any atom is -0.391 e. The van der Waals surface area contributed by atoms with Crippen LogP contribution < -0.4 is 16.0 Å². The van der Waals surface area contributed by atoms with E-state index in [-0.39, 0.29) is 18.2 Å². The fourth-order valence-electron chi connectivity index (χ4n) is 3.98. The summed E-state index contributed by atoms with van der Waals surface area (Å²) in [5.74, 6) is -6.09. The number of piperidine rings is 1. The number of pyridine rings is 2. The van der Waals surface area contributed by atoms with Crippen LogP contribution in [-0.4, -0.2) is 46.2 Å². The number of amides is 1. The molecule has 1 aliphatic rings. The summed E-state index contributed by atoms with van der Waals surface area (Å²) in [6, 6.07) is 4.30. The standard InChI is InChI=1S/C23H21F4N5O2/c1-11-9-32(10-16(28)22(11)33)18-5-6-29-8-17(18)30-23(34)21-15(27)7-14(26)20(31-21)19-12(24)3-2-4-13(19)25/h2-8,11,16,22,33H,9-10,28H2,1H3,(H,30,34)/t11-,16+,22+/m0/s1. The van der Waals surface area contributed by atoms with Crippen LogP contribution in [0.3, 0.4) is 0 Å². The number of halogens is 4. The van der Waals surface area contributed by atoms with E-state index < -0.39 is 58.3 Å². The molecule has 2 aromatic heterocycles. The molecular formula is C23H21F4N5O2. The quantitative estimate of drug-likeness (QED) is 0.501. The van der Waals surface area contributed by atoms with Crippen molar-refractivity contribution >= 4 is 17.3 Å². The number of aromatic nitrogens is 2. The van der Waals surface area contributed by atoms with Crippen LogP contribution in [0.15, 0.2) is 42.7 Å². The lowest BCUT2D eigenvalue weighted by Gasteiger charge is -2.40. The third-order valence-electron chi connectivity index (χ3n) is 5.69. The summed E-state index contributed by atoms with van der Waals surface area (Å²) in [7, 11) is 0. The minimum atomic E-state index is -1.32. The third kappa shape index (κ3) is 4.44. The minimum absolute atomic E-state index is 0.157. The van der Waals surface area contributed by atoms with Gasteiger partial charge in [0.1, 0.15) is 17.3 Å². The summed E-state index contributed by atoms with van der Waals surface area (Å²) in [6.45, 7) is 2.55. The Morgan fingerprint density at radius 1 is 1.12 bits per heavy atom. The number of benzene rings is 1. The van der Waals surface area contributed by atoms with Crippen LogP contribution in [0.4, 0.5) is 28.9 Å². The van der Waals surface area contributed by atoms with Gasteiger partial charge in [0.25, 0.3) is 5.91 Å². The maximum Gasteiger partial charge on any atom is 0.277 e. The van der Waals surface area contributed by atoms with Gasteiger partial charge in [-0.3, -0.25) is 9.78 Å². The van der Waals surface area contributed by atoms with Gasteiger partial charge in [-0.05, 0) is 18.2 Å². The Morgan fingerprint density at radius 3 is 2.50 bits per heavy atom. The van der Waals surface area contributed by atoms with E-state index in [1.165, 1.54) is 12.4 Å².